The van der Waals surface area contributed by atoms with Gasteiger partial charge in [0.2, 0.25) is 0 Å². The Morgan fingerprint density at radius 3 is 2.50 bits per heavy atom. The van der Waals surface area contributed by atoms with Crippen molar-refractivity contribution in [1.82, 2.24) is 20.0 Å². The number of alkyl halides is 3. The summed E-state index contributed by atoms with van der Waals surface area (Å²) in [6, 6.07) is 11.3. The number of carbonyl (C=O) groups excluding carboxylic acids is 1. The number of hydrogen-bond acceptors (Lipinski definition) is 6. The maximum absolute atomic E-state index is 13.4. The zero-order valence-electron chi connectivity index (χ0n) is 21.0. The van der Waals surface area contributed by atoms with E-state index in [1.165, 1.54) is 6.07 Å². The molecule has 11 heteroatoms. The summed E-state index contributed by atoms with van der Waals surface area (Å²) >= 11 is 0. The highest BCUT2D eigenvalue weighted by atomic mass is 19.4. The third kappa shape index (κ3) is 5.27. The highest BCUT2D eigenvalue weighted by Crippen LogP contribution is 2.35. The first-order valence-electron chi connectivity index (χ1n) is 12.4. The number of amides is 2. The number of urea groups is 1. The Morgan fingerprint density at radius 1 is 1.11 bits per heavy atom. The highest BCUT2D eigenvalue weighted by molar-refractivity contribution is 5.99. The molecule has 1 fully saturated rings. The van der Waals surface area contributed by atoms with Crippen molar-refractivity contribution in [3.63, 3.8) is 0 Å². The molecule has 0 aliphatic carbocycles. The normalized spacial score (nSPS) is 14.6. The average molecular weight is 525 g/mol. The van der Waals surface area contributed by atoms with Gasteiger partial charge in [0.25, 0.3) is 0 Å². The minimum absolute atomic E-state index is 0.193. The van der Waals surface area contributed by atoms with Crippen molar-refractivity contribution in [2.24, 2.45) is 5.92 Å². The third-order valence-electron chi connectivity index (χ3n) is 6.83. The van der Waals surface area contributed by atoms with Crippen molar-refractivity contribution < 1.29 is 22.5 Å². The van der Waals surface area contributed by atoms with E-state index in [4.69, 9.17) is 4.52 Å². The molecule has 0 atom stereocenters. The van der Waals surface area contributed by atoms with Crippen LogP contribution in [-0.2, 0) is 6.18 Å². The number of anilines is 2. The maximum atomic E-state index is 13.4. The van der Waals surface area contributed by atoms with Crippen LogP contribution in [0.4, 0.5) is 29.5 Å². The molecule has 38 heavy (non-hydrogen) atoms. The van der Waals surface area contributed by atoms with E-state index in [0.29, 0.717) is 53.5 Å². The number of nitrogens with one attached hydrogen (secondary N) is 2. The molecule has 0 spiro atoms. The number of aromatic nitrogens is 3. The summed E-state index contributed by atoms with van der Waals surface area (Å²) in [4.78, 5) is 23.0. The van der Waals surface area contributed by atoms with Crippen LogP contribution >= 0.6 is 0 Å². The summed E-state index contributed by atoms with van der Waals surface area (Å²) in [5.74, 6) is 1.32. The topological polar surface area (TPSA) is 96.2 Å². The molecule has 3 aromatic heterocycles. The van der Waals surface area contributed by atoms with Gasteiger partial charge in [0, 0.05) is 36.8 Å². The fourth-order valence-corrected chi connectivity index (χ4v) is 4.67. The highest BCUT2D eigenvalue weighted by Gasteiger charge is 2.33. The van der Waals surface area contributed by atoms with E-state index in [1.54, 1.807) is 24.9 Å². The molecule has 0 bridgehead atoms. The zero-order chi connectivity index (χ0) is 26.9. The molecule has 4 aromatic rings. The number of pyridine rings is 2. The molecule has 5 rings (SSSR count). The van der Waals surface area contributed by atoms with E-state index in [2.05, 4.69) is 25.8 Å². The van der Waals surface area contributed by atoms with Crippen LogP contribution in [0.25, 0.3) is 22.0 Å². The number of hydrogen-bond donors (Lipinski definition) is 2. The van der Waals surface area contributed by atoms with Crippen LogP contribution in [0, 0.1) is 19.8 Å². The van der Waals surface area contributed by atoms with Gasteiger partial charge in [-0.25, -0.2) is 14.8 Å². The lowest BCUT2D eigenvalue weighted by Gasteiger charge is -2.32. The Bertz CT molecular complexity index is 1430. The van der Waals surface area contributed by atoms with Crippen LogP contribution < -0.4 is 10.6 Å². The van der Waals surface area contributed by atoms with Crippen molar-refractivity contribution in [2.45, 2.75) is 32.9 Å². The third-order valence-corrected chi connectivity index (χ3v) is 6.83. The second-order valence-corrected chi connectivity index (χ2v) is 9.42. The molecule has 0 saturated carbocycles. The lowest BCUT2D eigenvalue weighted by atomic mass is 9.97. The quantitative estimate of drug-likeness (QED) is 0.319. The second kappa shape index (κ2) is 10.3. The number of carbonyl (C=O) groups is 1. The van der Waals surface area contributed by atoms with Gasteiger partial charge in [-0.05, 0) is 50.3 Å². The minimum atomic E-state index is -4.55. The molecule has 198 valence electrons. The van der Waals surface area contributed by atoms with Gasteiger partial charge >= 0.3 is 12.2 Å². The summed E-state index contributed by atoms with van der Waals surface area (Å²) in [5.41, 5.74) is 1.80. The monoisotopic (exact) mass is 524 g/mol. The number of piperidine rings is 1. The molecular weight excluding hydrogens is 497 g/mol. The molecular formula is C27H27F3N6O2. The Morgan fingerprint density at radius 2 is 1.84 bits per heavy atom. The summed E-state index contributed by atoms with van der Waals surface area (Å²) < 4.78 is 45.4. The molecule has 2 N–H and O–H groups in total. The van der Waals surface area contributed by atoms with Gasteiger partial charge < -0.3 is 20.1 Å². The van der Waals surface area contributed by atoms with Crippen molar-refractivity contribution in [3.05, 3.63) is 65.8 Å². The van der Waals surface area contributed by atoms with Crippen LogP contribution in [0.2, 0.25) is 0 Å². The lowest BCUT2D eigenvalue weighted by molar-refractivity contribution is -0.140. The van der Waals surface area contributed by atoms with Gasteiger partial charge in [-0.2, -0.15) is 13.2 Å². The summed E-state index contributed by atoms with van der Waals surface area (Å²) in [6.07, 6.45) is -1.43. The Kier molecular flexibility index (Phi) is 6.92. The van der Waals surface area contributed by atoms with Crippen LogP contribution in [0.5, 0.6) is 0 Å². The van der Waals surface area contributed by atoms with Crippen LogP contribution in [0.3, 0.4) is 0 Å². The van der Waals surface area contributed by atoms with Crippen LogP contribution in [-0.4, -0.2) is 45.7 Å². The lowest BCUT2D eigenvalue weighted by Crippen LogP contribution is -2.42. The van der Waals surface area contributed by atoms with Gasteiger partial charge in [-0.15, -0.1) is 0 Å². The molecule has 1 aliphatic heterocycles. The smallest absolute Gasteiger partial charge is 0.369 e. The van der Waals surface area contributed by atoms with E-state index in [9.17, 15) is 18.0 Å². The van der Waals surface area contributed by atoms with Gasteiger partial charge in [-0.3, -0.25) is 0 Å². The first kappa shape index (κ1) is 25.5. The molecule has 0 unspecified atom stereocenters. The Balaban J connectivity index is 1.28. The molecule has 1 aliphatic rings. The van der Waals surface area contributed by atoms with E-state index in [0.717, 1.165) is 24.5 Å². The first-order valence-corrected chi connectivity index (χ1v) is 12.4. The molecule has 1 aromatic carbocycles. The number of likely N-dealkylation sites (tertiary alicyclic amines) is 1. The van der Waals surface area contributed by atoms with Gasteiger partial charge in [0.1, 0.15) is 22.9 Å². The number of nitrogens with zero attached hydrogens (tertiary/aromatic N) is 4. The Hall–Kier alpha value is -4.15. The second-order valence-electron chi connectivity index (χ2n) is 9.42. The molecule has 8 nitrogen and oxygen atoms in total. The molecule has 2 amide bonds. The van der Waals surface area contributed by atoms with Crippen LogP contribution in [0.1, 0.15) is 30.0 Å². The van der Waals surface area contributed by atoms with E-state index >= 15 is 0 Å². The SMILES string of the molecule is Cc1noc(C)c1NC(=O)N1CCC(CNc2ncc(-c3ccccc3)c3nc(C(F)(F)F)ccc23)CC1. The summed E-state index contributed by atoms with van der Waals surface area (Å²) in [7, 11) is 0. The minimum Gasteiger partial charge on any atom is -0.369 e. The molecule has 0 radical (unpaired) electrons. The van der Waals surface area contributed by atoms with E-state index in [1.807, 2.05) is 30.3 Å². The molecule has 4 heterocycles. The van der Waals surface area contributed by atoms with Gasteiger partial charge in [0.05, 0.1) is 5.52 Å². The predicted molar refractivity (Wildman–Crippen MR) is 138 cm³/mol. The van der Waals surface area contributed by atoms with Gasteiger partial charge in [0.15, 0.2) is 5.76 Å². The number of benzene rings is 1. The largest absolute Gasteiger partial charge is 0.433 e. The predicted octanol–water partition coefficient (Wildman–Crippen LogP) is 6.28. The summed E-state index contributed by atoms with van der Waals surface area (Å²) in [5, 5.41) is 10.6. The Labute approximate surface area is 217 Å². The van der Waals surface area contributed by atoms with E-state index < -0.39 is 11.9 Å². The number of rotatable bonds is 5. The number of fused-ring (bicyclic) bond motifs is 1. The standard InChI is InChI=1S/C27H27F3N6O2/c1-16-23(17(2)38-35-16)34-26(37)36-12-10-18(11-13-36)14-31-25-20-8-9-22(27(28,29)30)33-24(20)21(15-32-25)19-6-4-3-5-7-19/h3-9,15,18H,10-14H2,1-2H3,(H,31,32)(H,34,37). The van der Waals surface area contributed by atoms with E-state index in [-0.39, 0.29) is 17.5 Å². The van der Waals surface area contributed by atoms with Crippen LogP contribution in [0.15, 0.2) is 53.2 Å². The summed E-state index contributed by atoms with van der Waals surface area (Å²) in [6.45, 7) is 5.26. The number of halogens is 3. The van der Waals surface area contributed by atoms with Crippen molar-refractivity contribution >= 4 is 28.4 Å². The van der Waals surface area contributed by atoms with Crippen molar-refractivity contribution in [2.75, 3.05) is 30.3 Å². The first-order chi connectivity index (χ1) is 18.2. The molecule has 1 saturated heterocycles. The van der Waals surface area contributed by atoms with Crippen molar-refractivity contribution in [1.29, 1.82) is 0 Å². The van der Waals surface area contributed by atoms with Gasteiger partial charge in [-0.1, -0.05) is 35.5 Å². The fraction of sp³-hybridized carbons (Fsp3) is 0.333. The zero-order valence-corrected chi connectivity index (χ0v) is 21.0. The van der Waals surface area contributed by atoms with Crippen molar-refractivity contribution in [3.8, 4) is 11.1 Å². The average Bonchev–Trinajstić information content (AvgIpc) is 3.23. The maximum Gasteiger partial charge on any atom is 0.433 e. The fourth-order valence-electron chi connectivity index (χ4n) is 4.67. The number of aryl methyl sites for hydroxylation is 2.